The van der Waals surface area contributed by atoms with E-state index in [1.54, 1.807) is 24.3 Å². The Labute approximate surface area is 168 Å². The number of carbonyl (C=O) groups excluding carboxylic acids is 1. The highest BCUT2D eigenvalue weighted by atomic mass is 35.5. The molecule has 0 saturated heterocycles. The molecule has 0 bridgehead atoms. The monoisotopic (exact) mass is 424 g/mol. The first-order valence-corrected chi connectivity index (χ1v) is 8.86. The van der Waals surface area contributed by atoms with E-state index >= 15 is 0 Å². The Morgan fingerprint density at radius 2 is 1.90 bits per heavy atom. The average Bonchev–Trinajstić information content (AvgIpc) is 2.68. The number of ether oxygens (including phenoxy) is 1. The van der Waals surface area contributed by atoms with Gasteiger partial charge in [0, 0.05) is 11.6 Å². The Hall–Kier alpha value is -3.00. The molecule has 1 heterocycles. The first-order chi connectivity index (χ1) is 13.6. The maximum Gasteiger partial charge on any atom is 0.416 e. The van der Waals surface area contributed by atoms with Gasteiger partial charge in [-0.05, 0) is 54.8 Å². The molecule has 29 heavy (non-hydrogen) atoms. The van der Waals surface area contributed by atoms with Crippen molar-refractivity contribution in [2.75, 3.05) is 12.4 Å². The molecule has 1 aromatic heterocycles. The van der Waals surface area contributed by atoms with Gasteiger partial charge in [-0.1, -0.05) is 11.6 Å². The molecule has 1 atom stereocenters. The van der Waals surface area contributed by atoms with Gasteiger partial charge in [-0.25, -0.2) is 0 Å². The zero-order valence-electron chi connectivity index (χ0n) is 15.4. The molecular formula is C20H16ClF3N2O3. The summed E-state index contributed by atoms with van der Waals surface area (Å²) in [6.07, 6.45) is -3.13. The third kappa shape index (κ3) is 4.22. The molecule has 5 nitrogen and oxygen atoms in total. The summed E-state index contributed by atoms with van der Waals surface area (Å²) in [5.74, 6) is -0.0965. The molecule has 0 radical (unpaired) electrons. The number of hydrogen-bond donors (Lipinski definition) is 1. The third-order valence-corrected chi connectivity index (χ3v) is 4.82. The van der Waals surface area contributed by atoms with Gasteiger partial charge in [0.25, 0.3) is 5.56 Å². The number of anilines is 1. The van der Waals surface area contributed by atoms with Crippen LogP contribution in [0.25, 0.3) is 10.8 Å². The summed E-state index contributed by atoms with van der Waals surface area (Å²) in [5.41, 5.74) is -1.54. The molecule has 9 heteroatoms. The first-order valence-electron chi connectivity index (χ1n) is 8.48. The van der Waals surface area contributed by atoms with Crippen LogP contribution < -0.4 is 15.6 Å². The van der Waals surface area contributed by atoms with Gasteiger partial charge in [-0.15, -0.1) is 0 Å². The summed E-state index contributed by atoms with van der Waals surface area (Å²) in [6.45, 7) is 1.47. The number of nitrogens with zero attached hydrogens (tertiary/aromatic N) is 1. The Morgan fingerprint density at radius 3 is 2.55 bits per heavy atom. The number of pyridine rings is 1. The van der Waals surface area contributed by atoms with Crippen molar-refractivity contribution < 1.29 is 22.7 Å². The summed E-state index contributed by atoms with van der Waals surface area (Å²) in [5, 5.41) is 3.34. The molecule has 0 aliphatic carbocycles. The lowest BCUT2D eigenvalue weighted by atomic mass is 10.1. The van der Waals surface area contributed by atoms with Crippen LogP contribution in [0.15, 0.2) is 53.5 Å². The Kier molecular flexibility index (Phi) is 5.57. The quantitative estimate of drug-likeness (QED) is 0.649. The van der Waals surface area contributed by atoms with Crippen molar-refractivity contribution in [2.24, 2.45) is 0 Å². The fourth-order valence-electron chi connectivity index (χ4n) is 2.83. The van der Waals surface area contributed by atoms with Gasteiger partial charge in [0.05, 0.1) is 23.4 Å². The maximum absolute atomic E-state index is 12.9. The number of halogens is 4. The van der Waals surface area contributed by atoms with E-state index in [1.165, 1.54) is 24.8 Å². The molecule has 152 valence electrons. The van der Waals surface area contributed by atoms with Crippen LogP contribution in [0.2, 0.25) is 5.02 Å². The number of alkyl halides is 3. The molecule has 0 saturated carbocycles. The topological polar surface area (TPSA) is 60.3 Å². The number of benzene rings is 2. The molecule has 1 unspecified atom stereocenters. The van der Waals surface area contributed by atoms with Crippen LogP contribution in [0.3, 0.4) is 0 Å². The highest BCUT2D eigenvalue weighted by molar-refractivity contribution is 6.33. The minimum atomic E-state index is -4.58. The van der Waals surface area contributed by atoms with Crippen LogP contribution in [0, 0.1) is 0 Å². The van der Waals surface area contributed by atoms with Crippen molar-refractivity contribution >= 4 is 34.0 Å². The second-order valence-corrected chi connectivity index (χ2v) is 6.75. The lowest BCUT2D eigenvalue weighted by Crippen LogP contribution is -2.31. The minimum absolute atomic E-state index is 0.0449. The van der Waals surface area contributed by atoms with E-state index in [2.05, 4.69) is 5.32 Å². The number of methoxy groups -OCH3 is 1. The second-order valence-electron chi connectivity index (χ2n) is 6.34. The molecule has 0 aliphatic rings. The molecule has 1 N–H and O–H groups in total. The van der Waals surface area contributed by atoms with E-state index in [0.717, 1.165) is 18.2 Å². The largest absolute Gasteiger partial charge is 0.497 e. The molecular weight excluding hydrogens is 409 g/mol. The van der Waals surface area contributed by atoms with E-state index in [-0.39, 0.29) is 10.7 Å². The lowest BCUT2D eigenvalue weighted by Gasteiger charge is -2.17. The van der Waals surface area contributed by atoms with Gasteiger partial charge in [0.2, 0.25) is 5.91 Å². The van der Waals surface area contributed by atoms with Crippen LogP contribution in [0.1, 0.15) is 18.5 Å². The number of nitrogens with one attached hydrogen (secondary N) is 1. The van der Waals surface area contributed by atoms with Crippen molar-refractivity contribution in [2.45, 2.75) is 19.1 Å². The highest BCUT2D eigenvalue weighted by Gasteiger charge is 2.31. The van der Waals surface area contributed by atoms with Crippen LogP contribution in [-0.4, -0.2) is 17.6 Å². The van der Waals surface area contributed by atoms with Gasteiger partial charge in [-0.2, -0.15) is 13.2 Å². The van der Waals surface area contributed by atoms with E-state index < -0.39 is 29.2 Å². The summed E-state index contributed by atoms with van der Waals surface area (Å²) in [6, 6.07) is 8.20. The third-order valence-electron chi connectivity index (χ3n) is 4.49. The number of amides is 1. The summed E-state index contributed by atoms with van der Waals surface area (Å²) < 4.78 is 45.0. The minimum Gasteiger partial charge on any atom is -0.497 e. The predicted molar refractivity (Wildman–Crippen MR) is 105 cm³/mol. The summed E-state index contributed by atoms with van der Waals surface area (Å²) in [7, 11) is 1.51. The Balaban J connectivity index is 1.91. The zero-order valence-corrected chi connectivity index (χ0v) is 16.1. The van der Waals surface area contributed by atoms with Gasteiger partial charge >= 0.3 is 6.18 Å². The Bertz CT molecular complexity index is 1140. The fraction of sp³-hybridized carbons (Fsp3) is 0.200. The van der Waals surface area contributed by atoms with Gasteiger partial charge < -0.3 is 14.6 Å². The SMILES string of the molecule is COc1ccc2c(=O)n(C(C)C(=O)Nc3cc(C(F)(F)F)ccc3Cl)ccc2c1. The lowest BCUT2D eigenvalue weighted by molar-refractivity contribution is -0.137. The molecule has 3 rings (SSSR count). The highest BCUT2D eigenvalue weighted by Crippen LogP contribution is 2.34. The van der Waals surface area contributed by atoms with Crippen molar-refractivity contribution in [1.29, 1.82) is 0 Å². The van der Waals surface area contributed by atoms with E-state index in [0.29, 0.717) is 16.5 Å². The number of hydrogen-bond acceptors (Lipinski definition) is 3. The van der Waals surface area contributed by atoms with Crippen LogP contribution >= 0.6 is 11.6 Å². The summed E-state index contributed by atoms with van der Waals surface area (Å²) >= 11 is 5.92. The summed E-state index contributed by atoms with van der Waals surface area (Å²) in [4.78, 5) is 25.3. The van der Waals surface area contributed by atoms with Gasteiger partial charge in [-0.3, -0.25) is 9.59 Å². The molecule has 3 aromatic rings. The first kappa shape index (κ1) is 20.7. The fourth-order valence-corrected chi connectivity index (χ4v) is 3.00. The van der Waals surface area contributed by atoms with E-state index in [1.807, 2.05) is 0 Å². The zero-order chi connectivity index (χ0) is 21.3. The van der Waals surface area contributed by atoms with Crippen molar-refractivity contribution in [1.82, 2.24) is 4.57 Å². The van der Waals surface area contributed by atoms with E-state index in [9.17, 15) is 22.8 Å². The van der Waals surface area contributed by atoms with Crippen molar-refractivity contribution in [3.05, 3.63) is 69.6 Å². The van der Waals surface area contributed by atoms with Crippen LogP contribution in [0.5, 0.6) is 5.75 Å². The van der Waals surface area contributed by atoms with Crippen LogP contribution in [0.4, 0.5) is 18.9 Å². The number of aromatic nitrogens is 1. The van der Waals surface area contributed by atoms with Crippen LogP contribution in [-0.2, 0) is 11.0 Å². The molecule has 0 fully saturated rings. The smallest absolute Gasteiger partial charge is 0.416 e. The van der Waals surface area contributed by atoms with Gasteiger partial charge in [0.1, 0.15) is 11.8 Å². The molecule has 0 aliphatic heterocycles. The van der Waals surface area contributed by atoms with Crippen molar-refractivity contribution in [3.63, 3.8) is 0 Å². The second kappa shape index (κ2) is 7.79. The number of carbonyl (C=O) groups is 1. The molecule has 0 spiro atoms. The standard InChI is InChI=1S/C20H16ClF3N2O3/c1-11(18(27)25-17-10-13(20(22,23)24)3-6-16(17)21)26-8-7-12-9-14(29-2)4-5-15(12)19(26)28/h3-11H,1-2H3,(H,25,27). The number of rotatable bonds is 4. The average molecular weight is 425 g/mol. The number of fused-ring (bicyclic) bond motifs is 1. The van der Waals surface area contributed by atoms with E-state index in [4.69, 9.17) is 16.3 Å². The van der Waals surface area contributed by atoms with Gasteiger partial charge in [0.15, 0.2) is 0 Å². The Morgan fingerprint density at radius 1 is 1.17 bits per heavy atom. The normalized spacial score (nSPS) is 12.6. The predicted octanol–water partition coefficient (Wildman–Crippen LogP) is 4.88. The molecule has 2 aromatic carbocycles. The molecule has 1 amide bonds. The van der Waals surface area contributed by atoms with Crippen molar-refractivity contribution in [3.8, 4) is 5.75 Å². The maximum atomic E-state index is 12.9.